The van der Waals surface area contributed by atoms with E-state index in [4.69, 9.17) is 23.4 Å². The van der Waals surface area contributed by atoms with Crippen molar-refractivity contribution in [2.75, 3.05) is 84.6 Å². The van der Waals surface area contributed by atoms with E-state index in [9.17, 15) is 18.0 Å². The fraction of sp³-hybridized carbons (Fsp3) is 0.431. The molecule has 348 valence electrons. The molecule has 2 N–H and O–H groups in total. The minimum Gasteiger partial charge on any atom is -0.495 e. The Labute approximate surface area is 382 Å². The highest BCUT2D eigenvalue weighted by molar-refractivity contribution is 6.99. The van der Waals surface area contributed by atoms with Gasteiger partial charge in [0.05, 0.1) is 69.7 Å². The van der Waals surface area contributed by atoms with Crippen molar-refractivity contribution >= 4 is 46.9 Å². The molecule has 0 amide bonds. The Balaban J connectivity index is 1.06. The summed E-state index contributed by atoms with van der Waals surface area (Å²) >= 11 is 0. The van der Waals surface area contributed by atoms with Crippen LogP contribution in [-0.2, 0) is 25.2 Å². The molecule has 6 rings (SSSR count). The molecule has 2 heterocycles. The fourth-order valence-electron chi connectivity index (χ4n) is 9.01. The number of rotatable bonds is 19. The number of carbonyl (C=O) groups excluding carboxylic acids is 1. The predicted octanol–water partition coefficient (Wildman–Crippen LogP) is 8.50. The first kappa shape index (κ1) is 49.1. The average molecular weight is 913 g/mol. The van der Waals surface area contributed by atoms with Crippen LogP contribution < -0.4 is 25.7 Å². The second-order valence-corrected chi connectivity index (χ2v) is 21.8. The number of likely N-dealkylation sites (tertiary alicyclic amines) is 1. The minimum atomic E-state index is -4.47. The number of hydrogen-bond acceptors (Lipinski definition) is 9. The topological polar surface area (TPSA) is 95.5 Å². The van der Waals surface area contributed by atoms with Gasteiger partial charge in [0.15, 0.2) is 0 Å². The Hall–Kier alpha value is -5.30. The van der Waals surface area contributed by atoms with Gasteiger partial charge in [-0.25, -0.2) is 4.79 Å². The summed E-state index contributed by atoms with van der Waals surface area (Å²) in [5, 5.41) is 9.92. The lowest BCUT2D eigenvalue weighted by molar-refractivity contribution is -0.140. The molecular formula is C51H63F3N4O6Si. The lowest BCUT2D eigenvalue weighted by Crippen LogP contribution is -2.66. The minimum absolute atomic E-state index is 0.0824. The van der Waals surface area contributed by atoms with Crippen molar-refractivity contribution in [2.24, 2.45) is 5.92 Å². The van der Waals surface area contributed by atoms with Crippen molar-refractivity contribution in [3.05, 3.63) is 114 Å². The molecule has 0 aliphatic carbocycles. The molecular weight excluding hydrogens is 850 g/mol. The van der Waals surface area contributed by atoms with E-state index < -0.39 is 27.0 Å². The second kappa shape index (κ2) is 22.3. The van der Waals surface area contributed by atoms with Gasteiger partial charge in [-0.2, -0.15) is 13.2 Å². The van der Waals surface area contributed by atoms with Gasteiger partial charge in [-0.05, 0) is 96.5 Å². The number of carbonyl (C=O) groups is 1. The molecule has 2 unspecified atom stereocenters. The maximum Gasteiger partial charge on any atom is 0.406 e. The van der Waals surface area contributed by atoms with Crippen LogP contribution in [-0.4, -0.2) is 110 Å². The summed E-state index contributed by atoms with van der Waals surface area (Å²) in [4.78, 5) is 14.6. The van der Waals surface area contributed by atoms with Crippen molar-refractivity contribution in [1.82, 2.24) is 9.47 Å². The summed E-state index contributed by atoms with van der Waals surface area (Å²) in [6.07, 6.45) is -2.79. The van der Waals surface area contributed by atoms with E-state index in [1.165, 1.54) is 29.2 Å². The molecule has 0 radical (unpaired) electrons. The van der Waals surface area contributed by atoms with Gasteiger partial charge in [-0.3, -0.25) is 0 Å². The molecule has 1 aliphatic heterocycles. The number of methoxy groups -OCH3 is 2. The number of piperidine rings is 1. The maximum atomic E-state index is 14.0. The zero-order chi connectivity index (χ0) is 46.6. The Morgan fingerprint density at radius 1 is 0.862 bits per heavy atom. The molecule has 1 aromatic heterocycles. The molecule has 5 aromatic rings. The second-order valence-electron chi connectivity index (χ2n) is 17.5. The number of anilines is 2. The average Bonchev–Trinajstić information content (AvgIpc) is 3.63. The van der Waals surface area contributed by atoms with Crippen LogP contribution in [0, 0.1) is 24.7 Å². The fourth-order valence-corrected chi connectivity index (χ4v) is 13.6. The largest absolute Gasteiger partial charge is 0.495 e. The molecule has 0 bridgehead atoms. The lowest BCUT2D eigenvalue weighted by atomic mass is 9.89. The number of benzene rings is 4. The van der Waals surface area contributed by atoms with Crippen LogP contribution in [0.5, 0.6) is 5.75 Å². The van der Waals surface area contributed by atoms with Gasteiger partial charge in [0.1, 0.15) is 12.3 Å². The third-order valence-electron chi connectivity index (χ3n) is 12.2. The zero-order valence-electron chi connectivity index (χ0n) is 38.6. The van der Waals surface area contributed by atoms with Crippen LogP contribution in [0.25, 0.3) is 10.9 Å². The van der Waals surface area contributed by atoms with Crippen molar-refractivity contribution in [2.45, 2.75) is 64.3 Å². The molecule has 2 atom stereocenters. The first-order valence-electron chi connectivity index (χ1n) is 22.2. The number of nitrogens with one attached hydrogen (secondary N) is 2. The number of hydrogen-bond donors (Lipinski definition) is 2. The van der Waals surface area contributed by atoms with Crippen LogP contribution in [0.4, 0.5) is 24.5 Å². The molecule has 4 aromatic carbocycles. The highest BCUT2D eigenvalue weighted by Crippen LogP contribution is 2.37. The van der Waals surface area contributed by atoms with Crippen LogP contribution in [0.15, 0.2) is 97.1 Å². The van der Waals surface area contributed by atoms with Crippen LogP contribution in [0.3, 0.4) is 0 Å². The molecule has 0 saturated carbocycles. The van der Waals surface area contributed by atoms with Crippen molar-refractivity contribution in [1.29, 1.82) is 0 Å². The molecule has 14 heteroatoms. The van der Waals surface area contributed by atoms with Crippen LogP contribution in [0.2, 0.25) is 5.04 Å². The Morgan fingerprint density at radius 3 is 2.15 bits per heavy atom. The number of fused-ring (bicyclic) bond motifs is 1. The number of esters is 1. The summed E-state index contributed by atoms with van der Waals surface area (Å²) in [5.74, 6) is 6.21. The molecule has 1 saturated heterocycles. The van der Waals surface area contributed by atoms with Crippen molar-refractivity contribution < 1.29 is 41.3 Å². The van der Waals surface area contributed by atoms with Crippen molar-refractivity contribution in [3.8, 4) is 17.6 Å². The van der Waals surface area contributed by atoms with Gasteiger partial charge in [-0.15, -0.1) is 0 Å². The smallest absolute Gasteiger partial charge is 0.406 e. The van der Waals surface area contributed by atoms with Gasteiger partial charge in [0.25, 0.3) is 8.32 Å². The van der Waals surface area contributed by atoms with Gasteiger partial charge in [0, 0.05) is 30.3 Å². The van der Waals surface area contributed by atoms with Crippen LogP contribution >= 0.6 is 0 Å². The van der Waals surface area contributed by atoms with E-state index in [0.29, 0.717) is 66.5 Å². The maximum absolute atomic E-state index is 14.0. The quantitative estimate of drug-likeness (QED) is 0.0366. The third kappa shape index (κ3) is 12.1. The normalized spacial score (nSPS) is 15.9. The van der Waals surface area contributed by atoms with Gasteiger partial charge >= 0.3 is 12.1 Å². The molecule has 0 spiro atoms. The summed E-state index contributed by atoms with van der Waals surface area (Å²) in [6, 6.07) is 31.6. The predicted molar refractivity (Wildman–Crippen MR) is 255 cm³/mol. The Morgan fingerprint density at radius 2 is 1.52 bits per heavy atom. The van der Waals surface area contributed by atoms with Gasteiger partial charge < -0.3 is 43.5 Å². The van der Waals surface area contributed by atoms with E-state index in [-0.39, 0.29) is 29.2 Å². The number of nitrogens with zero attached hydrogens (tertiary/aromatic N) is 2. The summed E-state index contributed by atoms with van der Waals surface area (Å²) in [6.45, 7) is 11.6. The molecule has 65 heavy (non-hydrogen) atoms. The summed E-state index contributed by atoms with van der Waals surface area (Å²) in [7, 11) is 2.29. The Kier molecular flexibility index (Phi) is 16.8. The molecule has 1 fully saturated rings. The zero-order valence-corrected chi connectivity index (χ0v) is 39.6. The Bertz CT molecular complexity index is 2350. The van der Waals surface area contributed by atoms with Gasteiger partial charge in [0.2, 0.25) is 0 Å². The summed E-state index contributed by atoms with van der Waals surface area (Å²) < 4.78 is 72.8. The SMILES string of the molecule is COC(=O)c1ccc(OC)c(NCC#Cc2cc3c(NC4CCN(C)CC4CCOCCOCCO[Si](c4ccccc4)(c4ccccc4)C(C)(C)C)cccc3n2CC(F)(F)F)c1C. The number of alkyl halides is 3. The summed E-state index contributed by atoms with van der Waals surface area (Å²) in [5.41, 5.74) is 2.97. The van der Waals surface area contributed by atoms with Crippen LogP contribution in [0.1, 0.15) is 55.2 Å². The van der Waals surface area contributed by atoms with E-state index in [1.54, 1.807) is 37.3 Å². The number of halogens is 3. The van der Waals surface area contributed by atoms with Gasteiger partial charge in [-0.1, -0.05) is 93.4 Å². The van der Waals surface area contributed by atoms with E-state index in [0.717, 1.165) is 31.6 Å². The standard InChI is InChI=1S/C51H63F3N4O6Si/c1-37-42(49(59)61-7)23-24-47(60-6)48(37)55-27-15-16-39-34-43-45(21-14-22-46(43)58(39)36-51(52,53)54)56-44-25-28-57(5)35-38(44)26-29-62-30-31-63-32-33-64-65(50(2,3)4,40-17-10-8-11-18-40)41-19-12-9-13-20-41/h8-14,17-24,34,38,44,55-56H,25-33,35-36H2,1-7H3. The number of aromatic nitrogens is 1. The monoisotopic (exact) mass is 912 g/mol. The lowest BCUT2D eigenvalue weighted by Gasteiger charge is -2.43. The highest BCUT2D eigenvalue weighted by Gasteiger charge is 2.50. The highest BCUT2D eigenvalue weighted by atomic mass is 28.4. The van der Waals surface area contributed by atoms with Crippen molar-refractivity contribution in [3.63, 3.8) is 0 Å². The van der Waals surface area contributed by atoms with E-state index in [1.807, 2.05) is 18.2 Å². The molecule has 10 nitrogen and oxygen atoms in total. The van der Waals surface area contributed by atoms with E-state index in [2.05, 4.69) is 104 Å². The molecule has 1 aliphatic rings. The number of ether oxygens (including phenoxy) is 4. The third-order valence-corrected chi connectivity index (χ3v) is 17.2. The van der Waals surface area contributed by atoms with E-state index >= 15 is 0 Å². The first-order valence-corrected chi connectivity index (χ1v) is 24.1. The first-order chi connectivity index (χ1) is 31.2.